The first-order valence-electron chi connectivity index (χ1n) is 8.30. The number of hydrogen-bond donors (Lipinski definition) is 1. The molecule has 1 fully saturated rings. The predicted octanol–water partition coefficient (Wildman–Crippen LogP) is 4.23. The Morgan fingerprint density at radius 1 is 1.32 bits per heavy atom. The molecule has 1 saturated carbocycles. The lowest BCUT2D eigenvalue weighted by Gasteiger charge is -2.07. The van der Waals surface area contributed by atoms with E-state index < -0.39 is 0 Å². The monoisotopic (exact) mass is 355 g/mol. The van der Waals surface area contributed by atoms with Crippen LogP contribution < -0.4 is 5.32 Å². The molecule has 5 nitrogen and oxygen atoms in total. The molecule has 25 heavy (non-hydrogen) atoms. The summed E-state index contributed by atoms with van der Waals surface area (Å²) in [5, 5.41) is 8.25. The van der Waals surface area contributed by atoms with Crippen LogP contribution in [-0.4, -0.2) is 15.7 Å². The highest BCUT2D eigenvalue weighted by atomic mass is 35.5. The van der Waals surface area contributed by atoms with Crippen molar-refractivity contribution >= 4 is 17.5 Å². The number of nitrogens with zero attached hydrogens (tertiary/aromatic N) is 2. The SMILES string of the molecule is Cc1c(C(=O)NCc2ccco2)c(C2CC2)nn1-c1ccccc1Cl. The zero-order valence-corrected chi connectivity index (χ0v) is 14.6. The van der Waals surface area contributed by atoms with E-state index in [0.717, 1.165) is 35.7 Å². The van der Waals surface area contributed by atoms with Gasteiger partial charge in [0.05, 0.1) is 40.5 Å². The molecule has 0 atom stereocenters. The Morgan fingerprint density at radius 3 is 2.80 bits per heavy atom. The van der Waals surface area contributed by atoms with Gasteiger partial charge in [0, 0.05) is 5.92 Å². The minimum Gasteiger partial charge on any atom is -0.467 e. The summed E-state index contributed by atoms with van der Waals surface area (Å²) in [6.45, 7) is 2.26. The van der Waals surface area contributed by atoms with Gasteiger partial charge < -0.3 is 9.73 Å². The number of amides is 1. The maximum Gasteiger partial charge on any atom is 0.255 e. The minimum atomic E-state index is -0.130. The van der Waals surface area contributed by atoms with E-state index in [1.165, 1.54) is 0 Å². The lowest BCUT2D eigenvalue weighted by atomic mass is 10.1. The third-order valence-electron chi connectivity index (χ3n) is 4.42. The number of aromatic nitrogens is 2. The average molecular weight is 356 g/mol. The number of furan rings is 1. The molecule has 0 unspecified atom stereocenters. The van der Waals surface area contributed by atoms with Crippen molar-refractivity contribution in [2.75, 3.05) is 0 Å². The number of nitrogens with one attached hydrogen (secondary N) is 1. The summed E-state index contributed by atoms with van der Waals surface area (Å²) >= 11 is 6.32. The van der Waals surface area contributed by atoms with Gasteiger partial charge >= 0.3 is 0 Å². The number of rotatable bonds is 5. The second kappa shape index (κ2) is 6.41. The molecule has 1 aliphatic rings. The molecule has 128 valence electrons. The topological polar surface area (TPSA) is 60.1 Å². The first-order valence-corrected chi connectivity index (χ1v) is 8.68. The summed E-state index contributed by atoms with van der Waals surface area (Å²) in [5.41, 5.74) is 3.09. The Balaban J connectivity index is 1.69. The van der Waals surface area contributed by atoms with Gasteiger partial charge in [-0.25, -0.2) is 4.68 Å². The first kappa shape index (κ1) is 16.0. The Labute approximate surface area is 150 Å². The van der Waals surface area contributed by atoms with Crippen LogP contribution in [0.25, 0.3) is 5.69 Å². The molecule has 0 aliphatic heterocycles. The summed E-state index contributed by atoms with van der Waals surface area (Å²) < 4.78 is 7.05. The molecule has 1 amide bonds. The van der Waals surface area contributed by atoms with E-state index in [2.05, 4.69) is 5.32 Å². The second-order valence-electron chi connectivity index (χ2n) is 6.25. The normalized spacial score (nSPS) is 13.8. The van der Waals surface area contributed by atoms with Crippen LogP contribution in [-0.2, 0) is 6.54 Å². The van der Waals surface area contributed by atoms with Crippen LogP contribution >= 0.6 is 11.6 Å². The van der Waals surface area contributed by atoms with E-state index >= 15 is 0 Å². The van der Waals surface area contributed by atoms with Gasteiger partial charge in [-0.05, 0) is 44.0 Å². The summed E-state index contributed by atoms with van der Waals surface area (Å²) in [5.74, 6) is 0.943. The molecular formula is C19H18ClN3O2. The Hall–Kier alpha value is -2.53. The number of carbonyl (C=O) groups excluding carboxylic acids is 1. The molecular weight excluding hydrogens is 338 g/mol. The molecule has 1 aromatic carbocycles. The molecule has 4 rings (SSSR count). The summed E-state index contributed by atoms with van der Waals surface area (Å²) in [7, 11) is 0. The molecule has 3 aromatic rings. The van der Waals surface area contributed by atoms with Crippen molar-refractivity contribution in [3.63, 3.8) is 0 Å². The van der Waals surface area contributed by atoms with Crippen LogP contribution in [0.2, 0.25) is 5.02 Å². The van der Waals surface area contributed by atoms with E-state index in [1.54, 1.807) is 17.0 Å². The van der Waals surface area contributed by atoms with Crippen molar-refractivity contribution in [1.82, 2.24) is 15.1 Å². The average Bonchev–Trinajstić information content (AvgIpc) is 3.21. The van der Waals surface area contributed by atoms with Crippen LogP contribution in [0, 0.1) is 6.92 Å². The van der Waals surface area contributed by atoms with Crippen LogP contribution in [0.3, 0.4) is 0 Å². The molecule has 6 heteroatoms. The summed E-state index contributed by atoms with van der Waals surface area (Å²) in [6.07, 6.45) is 3.73. The van der Waals surface area contributed by atoms with Gasteiger partial charge in [-0.3, -0.25) is 4.79 Å². The number of halogens is 1. The molecule has 2 aromatic heterocycles. The smallest absolute Gasteiger partial charge is 0.255 e. The molecule has 0 radical (unpaired) electrons. The van der Waals surface area contributed by atoms with Crippen molar-refractivity contribution in [2.24, 2.45) is 0 Å². The number of hydrogen-bond acceptors (Lipinski definition) is 3. The van der Waals surface area contributed by atoms with Crippen LogP contribution in [0.1, 0.15) is 46.3 Å². The summed E-state index contributed by atoms with van der Waals surface area (Å²) in [4.78, 5) is 12.8. The van der Waals surface area contributed by atoms with E-state index in [-0.39, 0.29) is 5.91 Å². The van der Waals surface area contributed by atoms with Crippen molar-refractivity contribution in [3.8, 4) is 5.69 Å². The van der Waals surface area contributed by atoms with E-state index in [9.17, 15) is 4.79 Å². The Kier molecular flexibility index (Phi) is 4.09. The molecule has 1 aliphatic carbocycles. The first-order chi connectivity index (χ1) is 12.1. The zero-order valence-electron chi connectivity index (χ0n) is 13.8. The van der Waals surface area contributed by atoms with E-state index in [1.807, 2.05) is 37.3 Å². The number of para-hydroxylation sites is 1. The molecule has 1 N–H and O–H groups in total. The van der Waals surface area contributed by atoms with Gasteiger partial charge in [0.1, 0.15) is 5.76 Å². The molecule has 0 spiro atoms. The van der Waals surface area contributed by atoms with Gasteiger partial charge in [0.25, 0.3) is 5.91 Å². The fourth-order valence-corrected chi connectivity index (χ4v) is 3.19. The van der Waals surface area contributed by atoms with Crippen molar-refractivity contribution in [3.05, 3.63) is 70.4 Å². The van der Waals surface area contributed by atoms with Crippen molar-refractivity contribution < 1.29 is 9.21 Å². The molecule has 0 saturated heterocycles. The van der Waals surface area contributed by atoms with Crippen LogP contribution in [0.5, 0.6) is 0 Å². The lowest BCUT2D eigenvalue weighted by Crippen LogP contribution is -2.24. The van der Waals surface area contributed by atoms with Gasteiger partial charge in [-0.1, -0.05) is 23.7 Å². The Morgan fingerprint density at radius 2 is 2.12 bits per heavy atom. The second-order valence-corrected chi connectivity index (χ2v) is 6.65. The fourth-order valence-electron chi connectivity index (χ4n) is 2.97. The highest BCUT2D eigenvalue weighted by Crippen LogP contribution is 2.42. The highest BCUT2D eigenvalue weighted by molar-refractivity contribution is 6.32. The maximum absolute atomic E-state index is 12.8. The summed E-state index contributed by atoms with van der Waals surface area (Å²) in [6, 6.07) is 11.2. The van der Waals surface area contributed by atoms with E-state index in [4.69, 9.17) is 21.1 Å². The van der Waals surface area contributed by atoms with Gasteiger partial charge in [0.2, 0.25) is 0 Å². The third kappa shape index (κ3) is 3.07. The zero-order chi connectivity index (χ0) is 17.4. The molecule has 2 heterocycles. The lowest BCUT2D eigenvalue weighted by molar-refractivity contribution is 0.0946. The standard InChI is InChI=1S/C19H18ClN3O2/c1-12-17(19(24)21-11-14-5-4-10-25-14)18(13-8-9-13)22-23(12)16-7-3-2-6-15(16)20/h2-7,10,13H,8-9,11H2,1H3,(H,21,24). The minimum absolute atomic E-state index is 0.130. The van der Waals surface area contributed by atoms with Crippen LogP contribution in [0.4, 0.5) is 0 Å². The maximum atomic E-state index is 12.8. The number of carbonyl (C=O) groups is 1. The van der Waals surface area contributed by atoms with Crippen molar-refractivity contribution in [1.29, 1.82) is 0 Å². The largest absolute Gasteiger partial charge is 0.467 e. The highest BCUT2D eigenvalue weighted by Gasteiger charge is 2.33. The Bertz CT molecular complexity index is 911. The quantitative estimate of drug-likeness (QED) is 0.744. The number of benzene rings is 1. The van der Waals surface area contributed by atoms with Crippen LogP contribution in [0.15, 0.2) is 47.1 Å². The van der Waals surface area contributed by atoms with Gasteiger partial charge in [-0.2, -0.15) is 5.10 Å². The molecule has 0 bridgehead atoms. The van der Waals surface area contributed by atoms with Gasteiger partial charge in [-0.15, -0.1) is 0 Å². The predicted molar refractivity (Wildman–Crippen MR) is 95.2 cm³/mol. The van der Waals surface area contributed by atoms with Crippen molar-refractivity contribution in [2.45, 2.75) is 32.2 Å². The fraction of sp³-hybridized carbons (Fsp3) is 0.263. The third-order valence-corrected chi connectivity index (χ3v) is 4.74. The van der Waals surface area contributed by atoms with E-state index in [0.29, 0.717) is 23.0 Å². The van der Waals surface area contributed by atoms with Gasteiger partial charge in [0.15, 0.2) is 0 Å².